The van der Waals surface area contributed by atoms with Crippen LogP contribution in [0, 0.1) is 0 Å². The SMILES string of the molecule is CC(CNC(=O)OC(C)(C)C)NCCCCNC(=O)OC(C)(C)C. The van der Waals surface area contributed by atoms with Gasteiger partial charge in [0.15, 0.2) is 0 Å². The maximum absolute atomic E-state index is 11.5. The highest BCUT2D eigenvalue weighted by molar-refractivity contribution is 5.67. The Morgan fingerprint density at radius 1 is 0.833 bits per heavy atom. The molecule has 2 amide bonds. The molecule has 0 aromatic rings. The number of amides is 2. The van der Waals surface area contributed by atoms with Gasteiger partial charge in [-0.2, -0.15) is 0 Å². The van der Waals surface area contributed by atoms with Crippen molar-refractivity contribution in [3.8, 4) is 0 Å². The minimum atomic E-state index is -0.484. The van der Waals surface area contributed by atoms with Crippen molar-refractivity contribution in [3.63, 3.8) is 0 Å². The van der Waals surface area contributed by atoms with E-state index in [1.165, 1.54) is 0 Å². The topological polar surface area (TPSA) is 88.7 Å². The van der Waals surface area contributed by atoms with Crippen molar-refractivity contribution < 1.29 is 19.1 Å². The van der Waals surface area contributed by atoms with Crippen LogP contribution in [0.5, 0.6) is 0 Å². The van der Waals surface area contributed by atoms with Crippen molar-refractivity contribution in [1.82, 2.24) is 16.0 Å². The highest BCUT2D eigenvalue weighted by Crippen LogP contribution is 2.07. The van der Waals surface area contributed by atoms with Crippen LogP contribution in [0.25, 0.3) is 0 Å². The molecule has 0 rings (SSSR count). The molecule has 0 radical (unpaired) electrons. The Morgan fingerprint density at radius 2 is 1.29 bits per heavy atom. The zero-order valence-corrected chi connectivity index (χ0v) is 16.2. The summed E-state index contributed by atoms with van der Waals surface area (Å²) in [6, 6.07) is 0.149. The number of carbonyl (C=O) groups is 2. The molecule has 0 heterocycles. The van der Waals surface area contributed by atoms with Gasteiger partial charge < -0.3 is 25.4 Å². The molecule has 0 bridgehead atoms. The van der Waals surface area contributed by atoms with Gasteiger partial charge >= 0.3 is 12.2 Å². The molecule has 0 aliphatic rings. The number of rotatable bonds is 8. The fraction of sp³-hybridized carbons (Fsp3) is 0.882. The molecule has 0 spiro atoms. The van der Waals surface area contributed by atoms with E-state index in [4.69, 9.17) is 9.47 Å². The van der Waals surface area contributed by atoms with E-state index in [9.17, 15) is 9.59 Å². The zero-order valence-electron chi connectivity index (χ0n) is 16.2. The summed E-state index contributed by atoms with van der Waals surface area (Å²) < 4.78 is 10.3. The Hall–Kier alpha value is -1.50. The molecule has 142 valence electrons. The summed E-state index contributed by atoms with van der Waals surface area (Å²) in [5.41, 5.74) is -0.954. The van der Waals surface area contributed by atoms with Crippen LogP contribution in [0.4, 0.5) is 9.59 Å². The average molecular weight is 345 g/mol. The summed E-state index contributed by atoms with van der Waals surface area (Å²) in [6.07, 6.45) is 0.994. The fourth-order valence-corrected chi connectivity index (χ4v) is 1.73. The lowest BCUT2D eigenvalue weighted by Gasteiger charge is -2.21. The van der Waals surface area contributed by atoms with E-state index in [2.05, 4.69) is 16.0 Å². The predicted octanol–water partition coefficient (Wildman–Crippen LogP) is 2.79. The second kappa shape index (κ2) is 10.4. The van der Waals surface area contributed by atoms with Crippen LogP contribution in [0.15, 0.2) is 0 Å². The maximum atomic E-state index is 11.5. The van der Waals surface area contributed by atoms with Crippen LogP contribution in [0.2, 0.25) is 0 Å². The van der Waals surface area contributed by atoms with Crippen molar-refractivity contribution in [2.75, 3.05) is 19.6 Å². The first-order valence-corrected chi connectivity index (χ1v) is 8.56. The first-order valence-electron chi connectivity index (χ1n) is 8.56. The second-order valence-electron chi connectivity index (χ2n) is 7.87. The molecule has 0 saturated heterocycles. The second-order valence-corrected chi connectivity index (χ2v) is 7.87. The van der Waals surface area contributed by atoms with Crippen LogP contribution in [0.3, 0.4) is 0 Å². The van der Waals surface area contributed by atoms with Crippen molar-refractivity contribution in [1.29, 1.82) is 0 Å². The Kier molecular flexibility index (Phi) is 9.73. The molecular formula is C17H35N3O4. The monoisotopic (exact) mass is 345 g/mol. The molecule has 0 aliphatic carbocycles. The lowest BCUT2D eigenvalue weighted by molar-refractivity contribution is 0.0515. The van der Waals surface area contributed by atoms with Gasteiger partial charge in [0.25, 0.3) is 0 Å². The minimum absolute atomic E-state index is 0.149. The summed E-state index contributed by atoms with van der Waals surface area (Å²) in [7, 11) is 0. The number of hydrogen-bond donors (Lipinski definition) is 3. The smallest absolute Gasteiger partial charge is 0.407 e. The van der Waals surface area contributed by atoms with Crippen molar-refractivity contribution >= 4 is 12.2 Å². The standard InChI is InChI=1S/C17H35N3O4/c1-13(12-20-15(22)24-17(5,6)7)18-10-8-9-11-19-14(21)23-16(2,3)4/h13,18H,8-12H2,1-7H3,(H,19,21)(H,20,22). The molecule has 0 aromatic carbocycles. The van der Waals surface area contributed by atoms with Crippen molar-refractivity contribution in [2.45, 2.75) is 78.6 Å². The van der Waals surface area contributed by atoms with E-state index in [1.807, 2.05) is 48.5 Å². The normalized spacial score (nSPS) is 13.1. The van der Waals surface area contributed by atoms with Gasteiger partial charge in [-0.15, -0.1) is 0 Å². The lowest BCUT2D eigenvalue weighted by atomic mass is 10.2. The number of alkyl carbamates (subject to hydrolysis) is 2. The third kappa shape index (κ3) is 15.4. The molecule has 0 fully saturated rings. The van der Waals surface area contributed by atoms with Crippen LogP contribution in [-0.2, 0) is 9.47 Å². The number of carbonyl (C=O) groups excluding carboxylic acids is 2. The van der Waals surface area contributed by atoms with E-state index in [0.717, 1.165) is 19.4 Å². The van der Waals surface area contributed by atoms with Gasteiger partial charge in [-0.05, 0) is 67.9 Å². The summed E-state index contributed by atoms with van der Waals surface area (Å²) in [4.78, 5) is 23.0. The van der Waals surface area contributed by atoms with Gasteiger partial charge in [-0.25, -0.2) is 9.59 Å². The molecule has 0 aromatic heterocycles. The molecule has 3 N–H and O–H groups in total. The third-order valence-corrected chi connectivity index (χ3v) is 2.72. The zero-order chi connectivity index (χ0) is 18.8. The van der Waals surface area contributed by atoms with Gasteiger partial charge in [0.1, 0.15) is 11.2 Å². The van der Waals surface area contributed by atoms with Crippen molar-refractivity contribution in [2.24, 2.45) is 0 Å². The van der Waals surface area contributed by atoms with Gasteiger partial charge in [0.05, 0.1) is 0 Å². The van der Waals surface area contributed by atoms with E-state index < -0.39 is 17.3 Å². The van der Waals surface area contributed by atoms with Crippen LogP contribution < -0.4 is 16.0 Å². The Balaban J connectivity index is 3.61. The van der Waals surface area contributed by atoms with Crippen molar-refractivity contribution in [3.05, 3.63) is 0 Å². The largest absolute Gasteiger partial charge is 0.444 e. The summed E-state index contributed by atoms with van der Waals surface area (Å²) in [5.74, 6) is 0. The number of hydrogen-bond acceptors (Lipinski definition) is 5. The van der Waals surface area contributed by atoms with E-state index in [1.54, 1.807) is 0 Å². The highest BCUT2D eigenvalue weighted by atomic mass is 16.6. The van der Waals surface area contributed by atoms with E-state index in [0.29, 0.717) is 13.1 Å². The third-order valence-electron chi connectivity index (χ3n) is 2.72. The van der Waals surface area contributed by atoms with Gasteiger partial charge in [-0.1, -0.05) is 0 Å². The molecule has 0 aliphatic heterocycles. The molecule has 0 saturated carbocycles. The molecule has 7 nitrogen and oxygen atoms in total. The molecule has 7 heteroatoms. The van der Waals surface area contributed by atoms with Gasteiger partial charge in [0, 0.05) is 19.1 Å². The summed E-state index contributed by atoms with van der Waals surface area (Å²) >= 11 is 0. The Labute approximate surface area is 146 Å². The fourth-order valence-electron chi connectivity index (χ4n) is 1.73. The van der Waals surface area contributed by atoms with Crippen LogP contribution >= 0.6 is 0 Å². The van der Waals surface area contributed by atoms with Crippen LogP contribution in [-0.4, -0.2) is 49.1 Å². The molecular weight excluding hydrogens is 310 g/mol. The first kappa shape index (κ1) is 22.5. The highest BCUT2D eigenvalue weighted by Gasteiger charge is 2.16. The number of ether oxygens (including phenoxy) is 2. The van der Waals surface area contributed by atoms with Gasteiger partial charge in [-0.3, -0.25) is 0 Å². The Bertz CT molecular complexity index is 386. The van der Waals surface area contributed by atoms with Crippen LogP contribution in [0.1, 0.15) is 61.3 Å². The molecule has 1 atom stereocenters. The quantitative estimate of drug-likeness (QED) is 0.589. The van der Waals surface area contributed by atoms with E-state index >= 15 is 0 Å². The first-order chi connectivity index (χ1) is 10.9. The molecule has 24 heavy (non-hydrogen) atoms. The Morgan fingerprint density at radius 3 is 1.79 bits per heavy atom. The molecule has 1 unspecified atom stereocenters. The summed E-state index contributed by atoms with van der Waals surface area (Å²) in [6.45, 7) is 14.9. The van der Waals surface area contributed by atoms with Gasteiger partial charge in [0.2, 0.25) is 0 Å². The number of nitrogens with one attached hydrogen (secondary N) is 3. The lowest BCUT2D eigenvalue weighted by Crippen LogP contribution is -2.41. The minimum Gasteiger partial charge on any atom is -0.444 e. The summed E-state index contributed by atoms with van der Waals surface area (Å²) in [5, 5.41) is 8.77. The maximum Gasteiger partial charge on any atom is 0.407 e. The predicted molar refractivity (Wildman–Crippen MR) is 95.2 cm³/mol. The average Bonchev–Trinajstić information content (AvgIpc) is 2.36. The number of unbranched alkanes of at least 4 members (excludes halogenated alkanes) is 1. The van der Waals surface area contributed by atoms with E-state index in [-0.39, 0.29) is 12.1 Å².